The Morgan fingerprint density at radius 3 is 2.21 bits per heavy atom. The fourth-order valence-corrected chi connectivity index (χ4v) is 2.87. The predicted molar refractivity (Wildman–Crippen MR) is 77.8 cm³/mol. The first-order valence-corrected chi connectivity index (χ1v) is 7.18. The van der Waals surface area contributed by atoms with Gasteiger partial charge in [-0.15, -0.1) is 0 Å². The minimum atomic E-state index is 0.583. The molecule has 1 atom stereocenters. The van der Waals surface area contributed by atoms with Crippen LogP contribution in [-0.4, -0.2) is 20.3 Å². The maximum absolute atomic E-state index is 5.30. The Morgan fingerprint density at radius 1 is 1.11 bits per heavy atom. The number of hydrogen-bond donors (Lipinski definition) is 1. The van der Waals surface area contributed by atoms with Crippen molar-refractivity contribution in [3.05, 3.63) is 23.8 Å². The molecule has 0 heterocycles. The van der Waals surface area contributed by atoms with Crippen molar-refractivity contribution in [2.75, 3.05) is 14.2 Å². The molecule has 0 spiro atoms. The Kier molecular flexibility index (Phi) is 5.08. The summed E-state index contributed by atoms with van der Waals surface area (Å²) in [6.45, 7) is 3.17. The molecule has 1 aromatic rings. The average molecular weight is 263 g/mol. The third-order valence-electron chi connectivity index (χ3n) is 4.15. The highest BCUT2D eigenvalue weighted by Gasteiger charge is 2.20. The van der Waals surface area contributed by atoms with Gasteiger partial charge >= 0.3 is 0 Å². The number of rotatable bonds is 6. The van der Waals surface area contributed by atoms with Crippen LogP contribution in [0.15, 0.2) is 18.2 Å². The van der Waals surface area contributed by atoms with Crippen LogP contribution in [0.5, 0.6) is 11.5 Å². The van der Waals surface area contributed by atoms with Crippen LogP contribution in [0.1, 0.15) is 38.2 Å². The predicted octanol–water partition coefficient (Wildman–Crippen LogP) is 3.37. The average Bonchev–Trinajstić information content (AvgIpc) is 2.98. The summed E-state index contributed by atoms with van der Waals surface area (Å²) < 4.78 is 10.6. The molecule has 1 saturated carbocycles. The van der Waals surface area contributed by atoms with Gasteiger partial charge in [-0.25, -0.2) is 0 Å². The third-order valence-corrected chi connectivity index (χ3v) is 4.15. The van der Waals surface area contributed by atoms with Gasteiger partial charge in [0.1, 0.15) is 11.5 Å². The molecule has 3 nitrogen and oxygen atoms in total. The van der Waals surface area contributed by atoms with Crippen molar-refractivity contribution in [3.63, 3.8) is 0 Å². The van der Waals surface area contributed by atoms with Crippen LogP contribution in [0.3, 0.4) is 0 Å². The van der Waals surface area contributed by atoms with Crippen molar-refractivity contribution in [1.29, 1.82) is 0 Å². The van der Waals surface area contributed by atoms with Crippen LogP contribution >= 0.6 is 0 Å². The van der Waals surface area contributed by atoms with Crippen LogP contribution in [0.25, 0.3) is 0 Å². The molecule has 106 valence electrons. The summed E-state index contributed by atoms with van der Waals surface area (Å²) in [5.74, 6) is 2.54. The molecule has 1 N–H and O–H groups in total. The zero-order valence-electron chi connectivity index (χ0n) is 12.2. The smallest absolute Gasteiger partial charge is 0.122 e. The van der Waals surface area contributed by atoms with Gasteiger partial charge in [0.2, 0.25) is 0 Å². The van der Waals surface area contributed by atoms with Crippen LogP contribution < -0.4 is 14.8 Å². The van der Waals surface area contributed by atoms with Crippen molar-refractivity contribution in [2.45, 2.75) is 45.2 Å². The first-order chi connectivity index (χ1) is 9.22. The van der Waals surface area contributed by atoms with Crippen LogP contribution in [0, 0.1) is 5.92 Å². The number of hydrogen-bond acceptors (Lipinski definition) is 3. The second-order valence-corrected chi connectivity index (χ2v) is 5.44. The quantitative estimate of drug-likeness (QED) is 0.853. The molecule has 1 aliphatic rings. The first kappa shape index (κ1) is 14.2. The van der Waals surface area contributed by atoms with Crippen LogP contribution in [-0.2, 0) is 6.54 Å². The molecule has 3 heteroatoms. The van der Waals surface area contributed by atoms with Crippen LogP contribution in [0.2, 0.25) is 0 Å². The SMILES string of the molecule is COc1cc(CN[C@H](C)C2CCCC2)cc(OC)c1. The molecule has 19 heavy (non-hydrogen) atoms. The normalized spacial score (nSPS) is 17.4. The Morgan fingerprint density at radius 2 is 1.68 bits per heavy atom. The Hall–Kier alpha value is -1.22. The van der Waals surface area contributed by atoms with Crippen molar-refractivity contribution in [1.82, 2.24) is 5.32 Å². The second-order valence-electron chi connectivity index (χ2n) is 5.44. The van der Waals surface area contributed by atoms with Gasteiger partial charge in [0.25, 0.3) is 0 Å². The summed E-state index contributed by atoms with van der Waals surface area (Å²) in [4.78, 5) is 0. The van der Waals surface area contributed by atoms with E-state index in [1.54, 1.807) is 14.2 Å². The van der Waals surface area contributed by atoms with Gasteiger partial charge in [0.05, 0.1) is 14.2 Å². The van der Waals surface area contributed by atoms with Gasteiger partial charge < -0.3 is 14.8 Å². The van der Waals surface area contributed by atoms with E-state index in [4.69, 9.17) is 9.47 Å². The maximum Gasteiger partial charge on any atom is 0.122 e. The molecule has 2 rings (SSSR count). The molecule has 0 saturated heterocycles. The number of methoxy groups -OCH3 is 2. The molecule has 0 unspecified atom stereocenters. The fourth-order valence-electron chi connectivity index (χ4n) is 2.87. The largest absolute Gasteiger partial charge is 0.497 e. The van der Waals surface area contributed by atoms with Gasteiger partial charge in [0, 0.05) is 18.7 Å². The molecular weight excluding hydrogens is 238 g/mol. The fraction of sp³-hybridized carbons (Fsp3) is 0.625. The summed E-state index contributed by atoms with van der Waals surface area (Å²) in [6, 6.07) is 6.62. The summed E-state index contributed by atoms with van der Waals surface area (Å²) in [5, 5.41) is 3.63. The Bertz CT molecular complexity index is 377. The van der Waals surface area contributed by atoms with E-state index in [0.29, 0.717) is 6.04 Å². The molecule has 0 aromatic heterocycles. The third kappa shape index (κ3) is 3.87. The topological polar surface area (TPSA) is 30.5 Å². The van der Waals surface area contributed by atoms with Gasteiger partial charge in [-0.05, 0) is 43.4 Å². The van der Waals surface area contributed by atoms with Crippen LogP contribution in [0.4, 0.5) is 0 Å². The minimum Gasteiger partial charge on any atom is -0.497 e. The molecule has 0 radical (unpaired) electrons. The summed E-state index contributed by atoms with van der Waals surface area (Å²) >= 11 is 0. The summed E-state index contributed by atoms with van der Waals surface area (Å²) in [5.41, 5.74) is 1.21. The molecular formula is C16H25NO2. The van der Waals surface area contributed by atoms with E-state index in [2.05, 4.69) is 24.4 Å². The lowest BCUT2D eigenvalue weighted by molar-refractivity contribution is 0.376. The van der Waals surface area contributed by atoms with E-state index >= 15 is 0 Å². The van der Waals surface area contributed by atoms with Crippen molar-refractivity contribution < 1.29 is 9.47 Å². The maximum atomic E-state index is 5.30. The van der Waals surface area contributed by atoms with Crippen molar-refractivity contribution in [3.8, 4) is 11.5 Å². The second kappa shape index (κ2) is 6.80. The lowest BCUT2D eigenvalue weighted by atomic mass is 9.99. The monoisotopic (exact) mass is 263 g/mol. The van der Waals surface area contributed by atoms with Crippen molar-refractivity contribution in [2.24, 2.45) is 5.92 Å². The summed E-state index contributed by atoms with van der Waals surface area (Å²) in [6.07, 6.45) is 5.53. The van der Waals surface area contributed by atoms with E-state index < -0.39 is 0 Å². The van der Waals surface area contributed by atoms with Gasteiger partial charge in [-0.1, -0.05) is 12.8 Å². The molecule has 1 fully saturated rings. The first-order valence-electron chi connectivity index (χ1n) is 7.18. The lowest BCUT2D eigenvalue weighted by Crippen LogP contribution is -2.31. The molecule has 0 amide bonds. The van der Waals surface area contributed by atoms with Crippen molar-refractivity contribution >= 4 is 0 Å². The minimum absolute atomic E-state index is 0.583. The van der Waals surface area contributed by atoms with E-state index in [-0.39, 0.29) is 0 Å². The van der Waals surface area contributed by atoms with E-state index in [1.165, 1.54) is 31.2 Å². The van der Waals surface area contributed by atoms with E-state index in [9.17, 15) is 0 Å². The van der Waals surface area contributed by atoms with E-state index in [0.717, 1.165) is 24.0 Å². The molecule has 0 aliphatic heterocycles. The standard InChI is InChI=1S/C16H25NO2/c1-12(14-6-4-5-7-14)17-11-13-8-15(18-2)10-16(9-13)19-3/h8-10,12,14,17H,4-7,11H2,1-3H3/t12-/m1/s1. The lowest BCUT2D eigenvalue weighted by Gasteiger charge is -2.20. The Balaban J connectivity index is 1.94. The Labute approximate surface area is 116 Å². The van der Waals surface area contributed by atoms with Gasteiger partial charge in [0.15, 0.2) is 0 Å². The highest BCUT2D eigenvalue weighted by Crippen LogP contribution is 2.28. The van der Waals surface area contributed by atoms with Gasteiger partial charge in [-0.2, -0.15) is 0 Å². The van der Waals surface area contributed by atoms with E-state index in [1.807, 2.05) is 6.07 Å². The number of ether oxygens (including phenoxy) is 2. The van der Waals surface area contributed by atoms with Gasteiger partial charge in [-0.3, -0.25) is 0 Å². The molecule has 0 bridgehead atoms. The number of nitrogens with one attached hydrogen (secondary N) is 1. The zero-order valence-corrected chi connectivity index (χ0v) is 12.2. The summed E-state index contributed by atoms with van der Waals surface area (Å²) in [7, 11) is 3.38. The highest BCUT2D eigenvalue weighted by molar-refractivity contribution is 5.38. The molecule has 1 aliphatic carbocycles. The number of benzene rings is 1. The highest BCUT2D eigenvalue weighted by atomic mass is 16.5. The zero-order chi connectivity index (χ0) is 13.7. The molecule has 1 aromatic carbocycles.